The minimum Gasteiger partial charge on any atom is -0.493 e. The lowest BCUT2D eigenvalue weighted by Gasteiger charge is -2.11. The van der Waals surface area contributed by atoms with Crippen LogP contribution in [0.2, 0.25) is 0 Å². The summed E-state index contributed by atoms with van der Waals surface area (Å²) >= 11 is 0. The highest BCUT2D eigenvalue weighted by atomic mass is 19.1. The molecule has 3 N–H and O–H groups in total. The molecule has 0 spiro atoms. The van der Waals surface area contributed by atoms with E-state index in [4.69, 9.17) is 10.5 Å². The number of nitrogens with two attached hydrogens (primary N) is 1. The number of amides is 1. The van der Waals surface area contributed by atoms with E-state index in [0.29, 0.717) is 36.7 Å². The van der Waals surface area contributed by atoms with Crippen molar-refractivity contribution in [3.05, 3.63) is 41.0 Å². The molecular weight excluding hydrogens is 291 g/mol. The summed E-state index contributed by atoms with van der Waals surface area (Å²) in [6.07, 6.45) is 0.641. The van der Waals surface area contributed by atoms with E-state index >= 15 is 0 Å². The van der Waals surface area contributed by atoms with Crippen molar-refractivity contribution in [3.8, 4) is 5.75 Å². The van der Waals surface area contributed by atoms with Gasteiger partial charge in [-0.25, -0.2) is 9.02 Å². The van der Waals surface area contributed by atoms with Gasteiger partial charge in [0.25, 0.3) is 5.91 Å². The molecule has 1 amide bonds. The summed E-state index contributed by atoms with van der Waals surface area (Å²) in [5, 5.41) is 9.90. The Morgan fingerprint density at radius 1 is 1.45 bits per heavy atom. The quantitative estimate of drug-likeness (QED) is 0.744. The van der Waals surface area contributed by atoms with Crippen molar-refractivity contribution in [1.82, 2.24) is 15.6 Å². The van der Waals surface area contributed by atoms with E-state index in [-0.39, 0.29) is 12.1 Å². The molecule has 118 valence electrons. The number of aryl methyl sites for hydroxylation is 1. The lowest BCUT2D eigenvalue weighted by Crippen LogP contribution is -2.24. The van der Waals surface area contributed by atoms with E-state index in [0.717, 1.165) is 6.07 Å². The van der Waals surface area contributed by atoms with Crippen molar-refractivity contribution in [2.45, 2.75) is 19.9 Å². The maximum atomic E-state index is 13.4. The predicted octanol–water partition coefficient (Wildman–Crippen LogP) is 1.17. The monoisotopic (exact) mass is 308 g/mol. The second-order valence-corrected chi connectivity index (χ2v) is 4.61. The van der Waals surface area contributed by atoms with Crippen LogP contribution in [0.3, 0.4) is 0 Å². The SMILES string of the molecule is Cc1nonc1CNC(=O)c1cc(F)ccc1OCCCN. The Hall–Kier alpha value is -2.48. The Balaban J connectivity index is 2.07. The van der Waals surface area contributed by atoms with E-state index in [1.54, 1.807) is 6.92 Å². The molecule has 0 fully saturated rings. The smallest absolute Gasteiger partial charge is 0.255 e. The highest BCUT2D eigenvalue weighted by molar-refractivity contribution is 5.96. The lowest BCUT2D eigenvalue weighted by atomic mass is 10.1. The molecular formula is C14H17FN4O3. The second kappa shape index (κ2) is 7.51. The van der Waals surface area contributed by atoms with Crippen molar-refractivity contribution in [2.24, 2.45) is 5.73 Å². The lowest BCUT2D eigenvalue weighted by molar-refractivity contribution is 0.0945. The largest absolute Gasteiger partial charge is 0.493 e. The molecule has 7 nitrogen and oxygen atoms in total. The van der Waals surface area contributed by atoms with Crippen LogP contribution in [0.5, 0.6) is 5.75 Å². The zero-order chi connectivity index (χ0) is 15.9. The van der Waals surface area contributed by atoms with Crippen molar-refractivity contribution in [1.29, 1.82) is 0 Å². The first-order valence-corrected chi connectivity index (χ1v) is 6.80. The number of nitrogens with one attached hydrogen (secondary N) is 1. The fraction of sp³-hybridized carbons (Fsp3) is 0.357. The van der Waals surface area contributed by atoms with Crippen LogP contribution < -0.4 is 15.8 Å². The summed E-state index contributed by atoms with van der Waals surface area (Å²) in [4.78, 5) is 12.2. The van der Waals surface area contributed by atoms with Crippen LogP contribution in [0.1, 0.15) is 28.2 Å². The molecule has 1 aromatic heterocycles. The normalized spacial score (nSPS) is 10.5. The van der Waals surface area contributed by atoms with Gasteiger partial charge < -0.3 is 15.8 Å². The molecule has 0 saturated heterocycles. The van der Waals surface area contributed by atoms with Gasteiger partial charge in [0, 0.05) is 0 Å². The summed E-state index contributed by atoms with van der Waals surface area (Å²) in [5.41, 5.74) is 6.60. The van der Waals surface area contributed by atoms with Crippen LogP contribution >= 0.6 is 0 Å². The molecule has 0 radical (unpaired) electrons. The van der Waals surface area contributed by atoms with E-state index in [2.05, 4.69) is 20.3 Å². The van der Waals surface area contributed by atoms with Crippen molar-refractivity contribution < 1.29 is 18.6 Å². The van der Waals surface area contributed by atoms with Crippen LogP contribution in [-0.4, -0.2) is 29.4 Å². The van der Waals surface area contributed by atoms with Gasteiger partial charge in [0.2, 0.25) is 0 Å². The third-order valence-electron chi connectivity index (χ3n) is 2.96. The van der Waals surface area contributed by atoms with E-state index in [1.165, 1.54) is 12.1 Å². The second-order valence-electron chi connectivity index (χ2n) is 4.61. The maximum absolute atomic E-state index is 13.4. The van der Waals surface area contributed by atoms with Gasteiger partial charge in [-0.15, -0.1) is 0 Å². The molecule has 0 aliphatic carbocycles. The summed E-state index contributed by atoms with van der Waals surface area (Å²) in [6.45, 7) is 2.67. The zero-order valence-corrected chi connectivity index (χ0v) is 12.1. The van der Waals surface area contributed by atoms with Crippen molar-refractivity contribution in [2.75, 3.05) is 13.2 Å². The molecule has 8 heteroatoms. The molecule has 0 unspecified atom stereocenters. The number of hydrogen-bond donors (Lipinski definition) is 2. The van der Waals surface area contributed by atoms with Crippen LogP contribution in [0.15, 0.2) is 22.8 Å². The molecule has 2 aromatic rings. The van der Waals surface area contributed by atoms with Crippen molar-refractivity contribution in [3.63, 3.8) is 0 Å². The number of rotatable bonds is 7. The average molecular weight is 308 g/mol. The number of carbonyl (C=O) groups is 1. The third kappa shape index (κ3) is 4.01. The van der Waals surface area contributed by atoms with Gasteiger partial charge in [0.1, 0.15) is 23.0 Å². The van der Waals surface area contributed by atoms with Crippen molar-refractivity contribution >= 4 is 5.91 Å². The van der Waals surface area contributed by atoms with E-state index < -0.39 is 11.7 Å². The highest BCUT2D eigenvalue weighted by Crippen LogP contribution is 2.20. The Morgan fingerprint density at radius 3 is 2.95 bits per heavy atom. The fourth-order valence-corrected chi connectivity index (χ4v) is 1.74. The van der Waals surface area contributed by atoms with Gasteiger partial charge in [-0.05, 0) is 38.1 Å². The first-order valence-electron chi connectivity index (χ1n) is 6.80. The number of carbonyl (C=O) groups excluding carboxylic acids is 1. The van der Waals surface area contributed by atoms with Crippen LogP contribution in [0, 0.1) is 12.7 Å². The highest BCUT2D eigenvalue weighted by Gasteiger charge is 2.15. The van der Waals surface area contributed by atoms with Crippen LogP contribution in [0.4, 0.5) is 4.39 Å². The van der Waals surface area contributed by atoms with E-state index in [1.807, 2.05) is 0 Å². The molecule has 0 bridgehead atoms. The summed E-state index contributed by atoms with van der Waals surface area (Å²) < 4.78 is 23.4. The third-order valence-corrected chi connectivity index (χ3v) is 2.96. The average Bonchev–Trinajstić information content (AvgIpc) is 2.91. The summed E-state index contributed by atoms with van der Waals surface area (Å²) in [6, 6.07) is 3.78. The molecule has 0 atom stereocenters. The Bertz CT molecular complexity index is 645. The molecule has 0 aliphatic heterocycles. The molecule has 0 saturated carbocycles. The van der Waals surface area contributed by atoms with Gasteiger partial charge >= 0.3 is 0 Å². The van der Waals surface area contributed by atoms with Gasteiger partial charge in [-0.3, -0.25) is 4.79 Å². The summed E-state index contributed by atoms with van der Waals surface area (Å²) in [7, 11) is 0. The van der Waals surface area contributed by atoms with E-state index in [9.17, 15) is 9.18 Å². The predicted molar refractivity (Wildman–Crippen MR) is 75.8 cm³/mol. The van der Waals surface area contributed by atoms with Gasteiger partial charge in [0.05, 0.1) is 18.7 Å². The molecule has 1 aromatic carbocycles. The number of benzene rings is 1. The number of halogens is 1. The molecule has 1 heterocycles. The number of nitrogens with zero attached hydrogens (tertiary/aromatic N) is 2. The Labute approximate surface area is 126 Å². The van der Waals surface area contributed by atoms with Crippen LogP contribution in [-0.2, 0) is 6.54 Å². The van der Waals surface area contributed by atoms with Crippen LogP contribution in [0.25, 0.3) is 0 Å². The number of hydrogen-bond acceptors (Lipinski definition) is 6. The number of ether oxygens (including phenoxy) is 1. The minimum absolute atomic E-state index is 0.117. The first-order chi connectivity index (χ1) is 10.6. The fourth-order valence-electron chi connectivity index (χ4n) is 1.74. The standard InChI is InChI=1S/C14H17FN4O3/c1-9-12(19-22-18-9)8-17-14(20)11-7-10(15)3-4-13(11)21-6-2-5-16/h3-4,7H,2,5-6,8,16H2,1H3,(H,17,20). The van der Waals surface area contributed by atoms with Gasteiger partial charge in [0.15, 0.2) is 0 Å². The minimum atomic E-state index is -0.518. The van der Waals surface area contributed by atoms with Gasteiger partial charge in [-0.2, -0.15) is 0 Å². The topological polar surface area (TPSA) is 103 Å². The molecule has 22 heavy (non-hydrogen) atoms. The number of aromatic nitrogens is 2. The maximum Gasteiger partial charge on any atom is 0.255 e. The van der Waals surface area contributed by atoms with Gasteiger partial charge in [-0.1, -0.05) is 10.3 Å². The summed E-state index contributed by atoms with van der Waals surface area (Å²) in [5.74, 6) is -0.678. The Kier molecular flexibility index (Phi) is 5.42. The molecule has 0 aliphatic rings. The molecule has 2 rings (SSSR count). The zero-order valence-electron chi connectivity index (χ0n) is 12.1. The first kappa shape index (κ1) is 15.9. The Morgan fingerprint density at radius 2 is 2.27 bits per heavy atom.